The van der Waals surface area contributed by atoms with Crippen molar-refractivity contribution < 1.29 is 0 Å². The first-order valence-electron chi connectivity index (χ1n) is 8.51. The molecule has 0 aromatic rings. The third kappa shape index (κ3) is 0.842. The van der Waals surface area contributed by atoms with E-state index in [9.17, 15) is 0 Å². The summed E-state index contributed by atoms with van der Waals surface area (Å²) < 4.78 is 0. The van der Waals surface area contributed by atoms with Gasteiger partial charge in [-0.1, -0.05) is 18.6 Å². The first-order chi connectivity index (χ1) is 8.81. The first kappa shape index (κ1) is 9.61. The highest BCUT2D eigenvalue weighted by molar-refractivity contribution is 5.29. The zero-order valence-corrected chi connectivity index (χ0v) is 11.4. The fraction of sp³-hybridized carbons (Fsp3) is 0.889. The van der Waals surface area contributed by atoms with Crippen LogP contribution >= 0.6 is 0 Å². The van der Waals surface area contributed by atoms with Gasteiger partial charge in [-0.15, -0.1) is 0 Å². The van der Waals surface area contributed by atoms with Crippen LogP contribution in [0.3, 0.4) is 0 Å². The van der Waals surface area contributed by atoms with E-state index in [-0.39, 0.29) is 0 Å². The monoisotopic (exact) mass is 240 g/mol. The molecule has 7 rings (SSSR count). The fourth-order valence-corrected chi connectivity index (χ4v) is 8.32. The number of hydrogen-bond donors (Lipinski definition) is 0. The summed E-state index contributed by atoms with van der Waals surface area (Å²) in [7, 11) is 0. The van der Waals surface area contributed by atoms with Crippen LogP contribution in [-0.4, -0.2) is 0 Å². The molecule has 10 unspecified atom stereocenters. The lowest BCUT2D eigenvalue weighted by molar-refractivity contribution is 0.00220. The number of hydrogen-bond acceptors (Lipinski definition) is 0. The van der Waals surface area contributed by atoms with Gasteiger partial charge in [0.25, 0.3) is 0 Å². The van der Waals surface area contributed by atoms with Crippen molar-refractivity contribution in [2.75, 3.05) is 0 Å². The number of fused-ring (bicyclic) bond motifs is 9. The smallest absolute Gasteiger partial charge is 0.0160 e. The van der Waals surface area contributed by atoms with E-state index in [4.69, 9.17) is 0 Å². The predicted octanol–water partition coefficient (Wildman–Crippen LogP) is 4.13. The van der Waals surface area contributed by atoms with E-state index in [1.165, 1.54) is 36.5 Å². The molecule has 10 atom stereocenters. The van der Waals surface area contributed by atoms with Crippen LogP contribution in [-0.2, 0) is 0 Å². The highest BCUT2D eigenvalue weighted by atomic mass is 14.7. The molecule has 0 saturated heterocycles. The van der Waals surface area contributed by atoms with Crippen LogP contribution in [0.5, 0.6) is 0 Å². The Morgan fingerprint density at radius 3 is 2.61 bits per heavy atom. The van der Waals surface area contributed by atoms with Gasteiger partial charge >= 0.3 is 0 Å². The summed E-state index contributed by atoms with van der Waals surface area (Å²) in [5.41, 5.74) is 1.85. The average Bonchev–Trinajstić information content (AvgIpc) is 3.01. The zero-order valence-electron chi connectivity index (χ0n) is 11.4. The minimum Gasteiger partial charge on any atom is -0.0816 e. The summed E-state index contributed by atoms with van der Waals surface area (Å²) in [4.78, 5) is 0. The Bertz CT molecular complexity index is 461. The molecule has 0 amide bonds. The lowest BCUT2D eigenvalue weighted by Crippen LogP contribution is -2.46. The van der Waals surface area contributed by atoms with E-state index in [2.05, 4.69) is 13.0 Å². The van der Waals surface area contributed by atoms with Crippen LogP contribution in [0.4, 0.5) is 0 Å². The lowest BCUT2D eigenvalue weighted by Gasteiger charge is -2.52. The molecule has 7 aliphatic carbocycles. The second-order valence-corrected chi connectivity index (χ2v) is 8.73. The van der Waals surface area contributed by atoms with Crippen molar-refractivity contribution in [3.8, 4) is 0 Å². The summed E-state index contributed by atoms with van der Waals surface area (Å²) in [6, 6.07) is 0. The molecule has 0 heteroatoms. The van der Waals surface area contributed by atoms with Crippen molar-refractivity contribution in [1.29, 1.82) is 0 Å². The number of allylic oxidation sites excluding steroid dienone is 2. The summed E-state index contributed by atoms with van der Waals surface area (Å²) in [6.45, 7) is 2.56. The Labute approximate surface area is 110 Å². The maximum Gasteiger partial charge on any atom is -0.0160 e. The van der Waals surface area contributed by atoms with Gasteiger partial charge < -0.3 is 0 Å². The molecule has 0 spiro atoms. The Hall–Kier alpha value is -0.260. The van der Waals surface area contributed by atoms with Crippen molar-refractivity contribution in [1.82, 2.24) is 0 Å². The number of rotatable bonds is 0. The van der Waals surface area contributed by atoms with E-state index in [0.717, 1.165) is 35.5 Å². The molecule has 7 aliphatic rings. The molecule has 18 heavy (non-hydrogen) atoms. The van der Waals surface area contributed by atoms with Crippen molar-refractivity contribution in [2.45, 2.75) is 39.0 Å². The molecule has 5 saturated carbocycles. The minimum absolute atomic E-state index is 1.05. The molecule has 0 aliphatic heterocycles. The standard InChI is InChI=1S/C18H24/c1-8-2-10-6-12(8)18-15-7-14(17(10)18)13-5-9-3-11(4-9)16(13)15/h3,8,10-18H,2,4-7H2,1H3. The van der Waals surface area contributed by atoms with Gasteiger partial charge in [0.05, 0.1) is 0 Å². The third-order valence-corrected chi connectivity index (χ3v) is 8.48. The zero-order chi connectivity index (χ0) is 11.6. The van der Waals surface area contributed by atoms with Crippen molar-refractivity contribution in [2.24, 2.45) is 59.2 Å². The van der Waals surface area contributed by atoms with Crippen LogP contribution in [0.2, 0.25) is 0 Å². The van der Waals surface area contributed by atoms with Crippen LogP contribution in [0.1, 0.15) is 39.0 Å². The van der Waals surface area contributed by atoms with Gasteiger partial charge in [-0.2, -0.15) is 0 Å². The molecule has 0 N–H and O–H groups in total. The largest absolute Gasteiger partial charge is 0.0816 e. The van der Waals surface area contributed by atoms with Gasteiger partial charge in [0.1, 0.15) is 0 Å². The van der Waals surface area contributed by atoms with Gasteiger partial charge in [-0.25, -0.2) is 0 Å². The molecule has 6 bridgehead atoms. The van der Waals surface area contributed by atoms with Gasteiger partial charge in [-0.3, -0.25) is 0 Å². The third-order valence-electron chi connectivity index (χ3n) is 8.48. The van der Waals surface area contributed by atoms with Gasteiger partial charge in [-0.05, 0) is 91.3 Å². The molecule has 0 heterocycles. The second-order valence-electron chi connectivity index (χ2n) is 8.73. The Balaban J connectivity index is 1.45. The van der Waals surface area contributed by atoms with Crippen LogP contribution in [0.15, 0.2) is 11.6 Å². The molecule has 0 nitrogen and oxygen atoms in total. The fourth-order valence-electron chi connectivity index (χ4n) is 8.32. The maximum atomic E-state index is 2.67. The van der Waals surface area contributed by atoms with E-state index in [0.29, 0.717) is 0 Å². The van der Waals surface area contributed by atoms with E-state index in [1.807, 2.05) is 5.57 Å². The van der Waals surface area contributed by atoms with E-state index < -0.39 is 0 Å². The molecule has 0 radical (unpaired) electrons. The topological polar surface area (TPSA) is 0 Å². The summed E-state index contributed by atoms with van der Waals surface area (Å²) in [5, 5.41) is 0. The van der Waals surface area contributed by atoms with Crippen molar-refractivity contribution in [3.05, 3.63) is 11.6 Å². The highest BCUT2D eigenvalue weighted by Gasteiger charge is 2.68. The Morgan fingerprint density at radius 1 is 0.833 bits per heavy atom. The van der Waals surface area contributed by atoms with Crippen LogP contribution < -0.4 is 0 Å². The molecule has 96 valence electrons. The molecule has 5 fully saturated rings. The minimum atomic E-state index is 1.05. The highest BCUT2D eigenvalue weighted by Crippen LogP contribution is 2.75. The van der Waals surface area contributed by atoms with E-state index in [1.54, 1.807) is 19.3 Å². The Morgan fingerprint density at radius 2 is 1.72 bits per heavy atom. The lowest BCUT2D eigenvalue weighted by atomic mass is 9.52. The molecule has 0 aromatic heterocycles. The first-order valence-corrected chi connectivity index (χ1v) is 8.51. The van der Waals surface area contributed by atoms with Crippen molar-refractivity contribution in [3.63, 3.8) is 0 Å². The van der Waals surface area contributed by atoms with Gasteiger partial charge in [0.15, 0.2) is 0 Å². The maximum absolute atomic E-state index is 2.67. The quantitative estimate of drug-likeness (QED) is 0.441. The summed E-state index contributed by atoms with van der Waals surface area (Å²) in [6.07, 6.45) is 10.6. The van der Waals surface area contributed by atoms with Crippen molar-refractivity contribution >= 4 is 0 Å². The predicted molar refractivity (Wildman–Crippen MR) is 71.7 cm³/mol. The average molecular weight is 240 g/mol. The van der Waals surface area contributed by atoms with Gasteiger partial charge in [0, 0.05) is 0 Å². The summed E-state index contributed by atoms with van der Waals surface area (Å²) >= 11 is 0. The van der Waals surface area contributed by atoms with Gasteiger partial charge in [0.2, 0.25) is 0 Å². The summed E-state index contributed by atoms with van der Waals surface area (Å²) in [5.74, 6) is 11.5. The normalized spacial score (nSPS) is 69.7. The van der Waals surface area contributed by atoms with Crippen LogP contribution in [0, 0.1) is 59.2 Å². The second kappa shape index (κ2) is 2.76. The molecular weight excluding hydrogens is 216 g/mol. The SMILES string of the molecule is CC1CC2CC1C1C3CC(C4CC5=CC(C5)C43)C21. The molecule has 0 aromatic carbocycles. The van der Waals surface area contributed by atoms with E-state index >= 15 is 0 Å². The Kier molecular flexibility index (Phi) is 1.48. The van der Waals surface area contributed by atoms with Crippen LogP contribution in [0.25, 0.3) is 0 Å². The molecular formula is C18H24.